The summed E-state index contributed by atoms with van der Waals surface area (Å²) < 4.78 is 6.59. The van der Waals surface area contributed by atoms with Crippen LogP contribution in [0.2, 0.25) is 5.02 Å². The number of carbonyl (C=O) groups is 1. The third kappa shape index (κ3) is 4.61. The average molecular weight is 416 g/mol. The van der Waals surface area contributed by atoms with Crippen LogP contribution in [-0.2, 0) is 0 Å². The molecule has 0 saturated heterocycles. The van der Waals surface area contributed by atoms with Crippen LogP contribution in [0, 0.1) is 3.57 Å². The zero-order valence-corrected chi connectivity index (χ0v) is 14.4. The summed E-state index contributed by atoms with van der Waals surface area (Å²) in [7, 11) is 0. The summed E-state index contributed by atoms with van der Waals surface area (Å²) in [6, 6.07) is 12.6. The van der Waals surface area contributed by atoms with Gasteiger partial charge in [-0.05, 0) is 71.5 Å². The van der Waals surface area contributed by atoms with E-state index in [9.17, 15) is 4.79 Å². The van der Waals surface area contributed by atoms with Crippen molar-refractivity contribution in [2.75, 3.05) is 11.9 Å². The van der Waals surface area contributed by atoms with Crippen molar-refractivity contribution in [3.8, 4) is 5.75 Å². The Hall–Kier alpha value is -1.27. The molecule has 0 aliphatic heterocycles. The van der Waals surface area contributed by atoms with Gasteiger partial charge in [0.2, 0.25) is 0 Å². The van der Waals surface area contributed by atoms with Crippen molar-refractivity contribution in [2.24, 2.45) is 0 Å². The minimum absolute atomic E-state index is 0.162. The molecule has 110 valence electrons. The van der Waals surface area contributed by atoms with E-state index in [0.29, 0.717) is 28.6 Å². The first kappa shape index (κ1) is 16.1. The minimum atomic E-state index is -0.162. The molecule has 0 heterocycles. The molecule has 0 saturated carbocycles. The van der Waals surface area contributed by atoms with Crippen LogP contribution in [0.1, 0.15) is 23.7 Å². The van der Waals surface area contributed by atoms with Crippen molar-refractivity contribution >= 4 is 45.8 Å². The van der Waals surface area contributed by atoms with Crippen LogP contribution in [-0.4, -0.2) is 12.5 Å². The molecule has 0 radical (unpaired) electrons. The van der Waals surface area contributed by atoms with Gasteiger partial charge in [-0.3, -0.25) is 4.79 Å². The highest BCUT2D eigenvalue weighted by molar-refractivity contribution is 14.1. The lowest BCUT2D eigenvalue weighted by Gasteiger charge is -2.10. The summed E-state index contributed by atoms with van der Waals surface area (Å²) in [6.45, 7) is 2.65. The molecule has 2 aromatic carbocycles. The third-order valence-corrected chi connectivity index (χ3v) is 3.77. The number of anilines is 1. The van der Waals surface area contributed by atoms with Gasteiger partial charge in [-0.1, -0.05) is 18.5 Å². The van der Waals surface area contributed by atoms with Gasteiger partial charge in [0.15, 0.2) is 0 Å². The Morgan fingerprint density at radius 3 is 2.57 bits per heavy atom. The molecule has 0 bridgehead atoms. The van der Waals surface area contributed by atoms with Gasteiger partial charge in [-0.25, -0.2) is 0 Å². The van der Waals surface area contributed by atoms with E-state index in [4.69, 9.17) is 16.3 Å². The topological polar surface area (TPSA) is 38.3 Å². The molecular weight excluding hydrogens is 401 g/mol. The smallest absolute Gasteiger partial charge is 0.255 e. The predicted octanol–water partition coefficient (Wildman–Crippen LogP) is 4.99. The lowest BCUT2D eigenvalue weighted by molar-refractivity contribution is 0.102. The first-order chi connectivity index (χ1) is 10.1. The Morgan fingerprint density at radius 1 is 1.24 bits per heavy atom. The van der Waals surface area contributed by atoms with Crippen LogP contribution in [0.15, 0.2) is 42.5 Å². The fourth-order valence-corrected chi connectivity index (χ4v) is 2.31. The molecule has 1 N–H and O–H groups in total. The maximum Gasteiger partial charge on any atom is 0.255 e. The van der Waals surface area contributed by atoms with E-state index >= 15 is 0 Å². The summed E-state index contributed by atoms with van der Waals surface area (Å²) in [5, 5.41) is 3.31. The second kappa shape index (κ2) is 7.66. The largest absolute Gasteiger partial charge is 0.492 e. The molecule has 0 fully saturated rings. The lowest BCUT2D eigenvalue weighted by atomic mass is 10.2. The number of benzene rings is 2. The summed E-state index contributed by atoms with van der Waals surface area (Å²) in [5.74, 6) is 0.468. The second-order valence-electron chi connectivity index (χ2n) is 4.45. The first-order valence-electron chi connectivity index (χ1n) is 6.59. The molecule has 2 rings (SSSR count). The highest BCUT2D eigenvalue weighted by atomic mass is 127. The van der Waals surface area contributed by atoms with Gasteiger partial charge < -0.3 is 10.1 Å². The Labute approximate surface area is 142 Å². The summed E-state index contributed by atoms with van der Waals surface area (Å²) in [5.41, 5.74) is 1.25. The molecule has 0 aliphatic carbocycles. The molecule has 0 aromatic heterocycles. The van der Waals surface area contributed by atoms with E-state index in [1.807, 2.05) is 19.1 Å². The van der Waals surface area contributed by atoms with Crippen LogP contribution in [0.3, 0.4) is 0 Å². The number of hydrogen-bond acceptors (Lipinski definition) is 2. The van der Waals surface area contributed by atoms with Crippen LogP contribution >= 0.6 is 34.2 Å². The Bertz CT molecular complexity index is 629. The fourth-order valence-electron chi connectivity index (χ4n) is 1.71. The predicted molar refractivity (Wildman–Crippen MR) is 94.4 cm³/mol. The number of nitrogens with one attached hydrogen (secondary N) is 1. The van der Waals surface area contributed by atoms with Gasteiger partial charge in [-0.2, -0.15) is 0 Å². The van der Waals surface area contributed by atoms with E-state index in [1.54, 1.807) is 30.3 Å². The van der Waals surface area contributed by atoms with Crippen molar-refractivity contribution in [1.82, 2.24) is 0 Å². The van der Waals surface area contributed by atoms with E-state index in [2.05, 4.69) is 27.9 Å². The number of ether oxygens (including phenoxy) is 1. The molecule has 0 unspecified atom stereocenters. The molecule has 5 heteroatoms. The second-order valence-corrected chi connectivity index (χ2v) is 6.11. The highest BCUT2D eigenvalue weighted by Gasteiger charge is 2.08. The summed E-state index contributed by atoms with van der Waals surface area (Å²) in [6.07, 6.45) is 0.918. The lowest BCUT2D eigenvalue weighted by Crippen LogP contribution is -2.11. The number of halogens is 2. The zero-order chi connectivity index (χ0) is 15.2. The molecule has 1 amide bonds. The van der Waals surface area contributed by atoms with E-state index in [0.717, 1.165) is 9.99 Å². The Balaban J connectivity index is 2.07. The summed E-state index contributed by atoms with van der Waals surface area (Å²) in [4.78, 5) is 12.1. The molecule has 0 atom stereocenters. The number of amides is 1. The Kier molecular flexibility index (Phi) is 5.87. The normalized spacial score (nSPS) is 10.2. The van der Waals surface area contributed by atoms with E-state index < -0.39 is 0 Å². The van der Waals surface area contributed by atoms with Crippen molar-refractivity contribution in [1.29, 1.82) is 0 Å². The van der Waals surface area contributed by atoms with Gasteiger partial charge in [-0.15, -0.1) is 0 Å². The molecular formula is C16H15ClINO2. The Morgan fingerprint density at radius 2 is 1.95 bits per heavy atom. The third-order valence-electron chi connectivity index (χ3n) is 2.76. The zero-order valence-electron chi connectivity index (χ0n) is 11.5. The highest BCUT2D eigenvalue weighted by Crippen LogP contribution is 2.28. The fraction of sp³-hybridized carbons (Fsp3) is 0.188. The number of rotatable bonds is 5. The van der Waals surface area contributed by atoms with Crippen LogP contribution in [0.5, 0.6) is 5.75 Å². The van der Waals surface area contributed by atoms with Crippen molar-refractivity contribution < 1.29 is 9.53 Å². The first-order valence-corrected chi connectivity index (χ1v) is 8.05. The van der Waals surface area contributed by atoms with Crippen molar-refractivity contribution in [2.45, 2.75) is 13.3 Å². The number of carbonyl (C=O) groups excluding carboxylic acids is 1. The number of hydrogen-bond donors (Lipinski definition) is 1. The van der Waals surface area contributed by atoms with Crippen LogP contribution in [0.4, 0.5) is 5.69 Å². The van der Waals surface area contributed by atoms with Crippen LogP contribution in [0.25, 0.3) is 0 Å². The van der Waals surface area contributed by atoms with Gasteiger partial charge in [0, 0.05) is 14.8 Å². The molecule has 0 aliphatic rings. The van der Waals surface area contributed by atoms with Gasteiger partial charge >= 0.3 is 0 Å². The maximum atomic E-state index is 12.1. The van der Waals surface area contributed by atoms with Gasteiger partial charge in [0.1, 0.15) is 5.75 Å². The standard InChI is InChI=1S/C16H15ClINO2/c1-2-9-21-15-8-7-13(10-14(15)17)19-16(20)11-3-5-12(18)6-4-11/h3-8,10H,2,9H2,1H3,(H,19,20). The van der Waals surface area contributed by atoms with Crippen molar-refractivity contribution in [3.05, 3.63) is 56.6 Å². The van der Waals surface area contributed by atoms with Crippen LogP contribution < -0.4 is 10.1 Å². The minimum Gasteiger partial charge on any atom is -0.492 e. The van der Waals surface area contributed by atoms with Crippen molar-refractivity contribution in [3.63, 3.8) is 0 Å². The molecule has 21 heavy (non-hydrogen) atoms. The summed E-state index contributed by atoms with van der Waals surface area (Å²) >= 11 is 8.34. The SMILES string of the molecule is CCCOc1ccc(NC(=O)c2ccc(I)cc2)cc1Cl. The van der Waals surface area contributed by atoms with E-state index in [-0.39, 0.29) is 5.91 Å². The monoisotopic (exact) mass is 415 g/mol. The molecule has 3 nitrogen and oxygen atoms in total. The quantitative estimate of drug-likeness (QED) is 0.699. The van der Waals surface area contributed by atoms with E-state index in [1.165, 1.54) is 0 Å². The average Bonchev–Trinajstić information content (AvgIpc) is 2.47. The van der Waals surface area contributed by atoms with Gasteiger partial charge in [0.25, 0.3) is 5.91 Å². The van der Waals surface area contributed by atoms with Gasteiger partial charge in [0.05, 0.1) is 11.6 Å². The molecule has 0 spiro atoms. The maximum absolute atomic E-state index is 12.1. The molecule has 2 aromatic rings.